The molecule has 0 amide bonds. The van der Waals surface area contributed by atoms with Crippen LogP contribution in [0.1, 0.15) is 5.69 Å². The largest absolute Gasteiger partial charge is 0.336 e. The number of nitrogens with zero attached hydrogens (tertiary/aromatic N) is 6. The lowest BCUT2D eigenvalue weighted by atomic mass is 10.0. The average Bonchev–Trinajstić information content (AvgIpc) is 3.51. The monoisotopic (exact) mass is 392 g/mol. The zero-order valence-electron chi connectivity index (χ0n) is 16.0. The van der Waals surface area contributed by atoms with Crippen LogP contribution >= 0.6 is 0 Å². The smallest absolute Gasteiger partial charge is 0.166 e. The van der Waals surface area contributed by atoms with E-state index in [1.54, 1.807) is 24.9 Å². The van der Waals surface area contributed by atoms with Crippen LogP contribution in [0.2, 0.25) is 0 Å². The minimum atomic E-state index is 0.689. The Morgan fingerprint density at radius 1 is 0.900 bits per heavy atom. The third-order valence-corrected chi connectivity index (χ3v) is 5.14. The molecule has 144 valence electrons. The van der Waals surface area contributed by atoms with Gasteiger partial charge in [0, 0.05) is 30.2 Å². The van der Waals surface area contributed by atoms with Gasteiger partial charge in [0.25, 0.3) is 0 Å². The maximum absolute atomic E-state index is 4.83. The van der Waals surface area contributed by atoms with Gasteiger partial charge in [0.15, 0.2) is 11.6 Å². The topological polar surface area (TPSA) is 101 Å². The Labute approximate surface area is 170 Å². The number of pyridine rings is 2. The molecule has 2 N–H and O–H groups in total. The van der Waals surface area contributed by atoms with Crippen molar-refractivity contribution >= 4 is 21.9 Å². The van der Waals surface area contributed by atoms with Gasteiger partial charge < -0.3 is 4.98 Å². The summed E-state index contributed by atoms with van der Waals surface area (Å²) in [7, 11) is 0. The predicted molar refractivity (Wildman–Crippen MR) is 114 cm³/mol. The Kier molecular flexibility index (Phi) is 3.51. The van der Waals surface area contributed by atoms with Gasteiger partial charge in [-0.15, -0.1) is 0 Å². The van der Waals surface area contributed by atoms with Crippen molar-refractivity contribution in [2.45, 2.75) is 6.92 Å². The molecule has 0 aliphatic rings. The van der Waals surface area contributed by atoms with Crippen molar-refractivity contribution in [3.63, 3.8) is 0 Å². The standard InChI is InChI=1S/C22H16N8/c1-13-11-30(12-25-13)22-20-18(6-9-24-22)26-21(27-20)19-16-10-15(2-3-17(16)28-29-19)14-4-7-23-8-5-14/h2-12H,1H3,(H,26,27)(H,28,29). The lowest BCUT2D eigenvalue weighted by Crippen LogP contribution is -1.95. The number of H-pyrrole nitrogens is 2. The molecule has 0 spiro atoms. The second kappa shape index (κ2) is 6.35. The highest BCUT2D eigenvalue weighted by molar-refractivity contribution is 5.96. The Balaban J connectivity index is 1.52. The highest BCUT2D eigenvalue weighted by Gasteiger charge is 2.16. The zero-order valence-corrected chi connectivity index (χ0v) is 16.0. The Morgan fingerprint density at radius 2 is 1.80 bits per heavy atom. The van der Waals surface area contributed by atoms with E-state index in [0.29, 0.717) is 5.82 Å². The van der Waals surface area contributed by atoms with Gasteiger partial charge in [-0.2, -0.15) is 5.10 Å². The molecule has 0 unspecified atom stereocenters. The molecule has 8 heteroatoms. The van der Waals surface area contributed by atoms with Crippen molar-refractivity contribution in [1.29, 1.82) is 0 Å². The van der Waals surface area contributed by atoms with Crippen LogP contribution in [0.25, 0.3) is 50.4 Å². The molecule has 0 radical (unpaired) electrons. The molecule has 6 rings (SSSR count). The normalized spacial score (nSPS) is 11.5. The van der Waals surface area contributed by atoms with Crippen LogP contribution in [0.5, 0.6) is 0 Å². The van der Waals surface area contributed by atoms with Crippen LogP contribution in [0, 0.1) is 6.92 Å². The van der Waals surface area contributed by atoms with Gasteiger partial charge in [0.1, 0.15) is 17.5 Å². The summed E-state index contributed by atoms with van der Waals surface area (Å²) < 4.78 is 1.88. The van der Waals surface area contributed by atoms with E-state index in [1.807, 2.05) is 42.0 Å². The molecular formula is C22H16N8. The molecule has 0 saturated carbocycles. The summed E-state index contributed by atoms with van der Waals surface area (Å²) in [5.41, 5.74) is 6.50. The Bertz CT molecular complexity index is 1510. The van der Waals surface area contributed by atoms with Crippen LogP contribution in [0.15, 0.2) is 67.5 Å². The highest BCUT2D eigenvalue weighted by atomic mass is 15.2. The van der Waals surface area contributed by atoms with Crippen LogP contribution in [-0.4, -0.2) is 39.7 Å². The number of hydrogen-bond acceptors (Lipinski definition) is 5. The molecule has 5 heterocycles. The van der Waals surface area contributed by atoms with Crippen molar-refractivity contribution in [2.75, 3.05) is 0 Å². The van der Waals surface area contributed by atoms with Crippen LogP contribution in [0.3, 0.4) is 0 Å². The van der Waals surface area contributed by atoms with Gasteiger partial charge in [-0.3, -0.25) is 14.6 Å². The van der Waals surface area contributed by atoms with Crippen LogP contribution in [0.4, 0.5) is 0 Å². The molecule has 0 atom stereocenters. The van der Waals surface area contributed by atoms with E-state index in [-0.39, 0.29) is 0 Å². The fraction of sp³-hybridized carbons (Fsp3) is 0.0455. The number of fused-ring (bicyclic) bond motifs is 2. The van der Waals surface area contributed by atoms with Crippen molar-refractivity contribution in [2.24, 2.45) is 0 Å². The van der Waals surface area contributed by atoms with Gasteiger partial charge in [-0.25, -0.2) is 15.0 Å². The molecule has 0 saturated heterocycles. The van der Waals surface area contributed by atoms with Crippen LogP contribution < -0.4 is 0 Å². The number of aromatic amines is 2. The van der Waals surface area contributed by atoms with E-state index < -0.39 is 0 Å². The number of imidazole rings is 2. The first-order valence-corrected chi connectivity index (χ1v) is 9.51. The van der Waals surface area contributed by atoms with Crippen molar-refractivity contribution in [1.82, 2.24) is 39.7 Å². The third-order valence-electron chi connectivity index (χ3n) is 5.14. The van der Waals surface area contributed by atoms with E-state index in [0.717, 1.165) is 50.3 Å². The fourth-order valence-electron chi connectivity index (χ4n) is 3.68. The summed E-state index contributed by atoms with van der Waals surface area (Å²) in [5.74, 6) is 1.42. The first kappa shape index (κ1) is 16.6. The third kappa shape index (κ3) is 2.58. The molecule has 30 heavy (non-hydrogen) atoms. The first-order valence-electron chi connectivity index (χ1n) is 9.51. The Hall–Kier alpha value is -4.33. The van der Waals surface area contributed by atoms with E-state index in [2.05, 4.69) is 42.3 Å². The fourth-order valence-corrected chi connectivity index (χ4v) is 3.68. The molecule has 0 aliphatic carbocycles. The summed E-state index contributed by atoms with van der Waals surface area (Å²) in [6, 6.07) is 12.1. The molecule has 5 aromatic heterocycles. The molecular weight excluding hydrogens is 376 g/mol. The predicted octanol–water partition coefficient (Wildman–Crippen LogP) is 4.06. The van der Waals surface area contributed by atoms with Gasteiger partial charge in [-0.05, 0) is 48.4 Å². The van der Waals surface area contributed by atoms with Crippen molar-refractivity contribution in [3.05, 3.63) is 73.2 Å². The number of benzene rings is 1. The highest BCUT2D eigenvalue weighted by Crippen LogP contribution is 2.31. The summed E-state index contributed by atoms with van der Waals surface area (Å²) in [4.78, 5) is 21.1. The number of nitrogens with one attached hydrogen (secondary N) is 2. The summed E-state index contributed by atoms with van der Waals surface area (Å²) in [6.45, 7) is 1.95. The second-order valence-electron chi connectivity index (χ2n) is 7.11. The number of rotatable bonds is 3. The minimum Gasteiger partial charge on any atom is -0.336 e. The maximum atomic E-state index is 4.83. The van der Waals surface area contributed by atoms with E-state index >= 15 is 0 Å². The SMILES string of the molecule is Cc1cn(-c2nccc3[nH]c(-c4n[nH]c5ccc(-c6ccncc6)cc45)nc23)cn1. The van der Waals surface area contributed by atoms with Crippen LogP contribution in [-0.2, 0) is 0 Å². The average molecular weight is 392 g/mol. The molecule has 1 aromatic carbocycles. The lowest BCUT2D eigenvalue weighted by Gasteiger charge is -2.01. The Morgan fingerprint density at radius 3 is 2.63 bits per heavy atom. The summed E-state index contributed by atoms with van der Waals surface area (Å²) in [6.07, 6.45) is 9.03. The quantitative estimate of drug-likeness (QED) is 0.473. The number of hydrogen-bond donors (Lipinski definition) is 2. The van der Waals surface area contributed by atoms with Gasteiger partial charge in [0.2, 0.25) is 0 Å². The van der Waals surface area contributed by atoms with Crippen molar-refractivity contribution in [3.8, 4) is 28.5 Å². The minimum absolute atomic E-state index is 0.689. The van der Waals surface area contributed by atoms with E-state index in [9.17, 15) is 0 Å². The van der Waals surface area contributed by atoms with Gasteiger partial charge in [-0.1, -0.05) is 6.07 Å². The van der Waals surface area contributed by atoms with Crippen molar-refractivity contribution < 1.29 is 0 Å². The molecule has 6 aromatic rings. The molecule has 8 nitrogen and oxygen atoms in total. The molecule has 0 bridgehead atoms. The van der Waals surface area contributed by atoms with E-state index in [4.69, 9.17) is 4.98 Å². The van der Waals surface area contributed by atoms with Gasteiger partial charge >= 0.3 is 0 Å². The van der Waals surface area contributed by atoms with E-state index in [1.165, 1.54) is 0 Å². The zero-order chi connectivity index (χ0) is 20.1. The molecule has 0 fully saturated rings. The number of aromatic nitrogens is 8. The summed E-state index contributed by atoms with van der Waals surface area (Å²) in [5, 5.41) is 8.63. The molecule has 0 aliphatic heterocycles. The summed E-state index contributed by atoms with van der Waals surface area (Å²) >= 11 is 0. The van der Waals surface area contributed by atoms with Gasteiger partial charge in [0.05, 0.1) is 16.7 Å². The lowest BCUT2D eigenvalue weighted by molar-refractivity contribution is 1.00. The number of aryl methyl sites for hydroxylation is 1. The first-order chi connectivity index (χ1) is 14.8. The maximum Gasteiger partial charge on any atom is 0.166 e. The second-order valence-corrected chi connectivity index (χ2v) is 7.11.